The molecule has 0 saturated heterocycles. The molecule has 4 rings (SSSR count). The minimum Gasteiger partial charge on any atom is -0.459 e. The average Bonchev–Trinajstić information content (AvgIpc) is 3.21. The molecule has 0 aliphatic carbocycles. The Kier molecular flexibility index (Phi) is 7.01. The van der Waals surface area contributed by atoms with Gasteiger partial charge < -0.3 is 9.26 Å². The molecule has 0 spiro atoms. The van der Waals surface area contributed by atoms with E-state index in [1.807, 2.05) is 18.2 Å². The number of nitrogens with zero attached hydrogens (tertiary/aromatic N) is 3. The van der Waals surface area contributed by atoms with Crippen molar-refractivity contribution >= 4 is 55.7 Å². The van der Waals surface area contributed by atoms with Gasteiger partial charge in [0, 0.05) is 22.5 Å². The van der Waals surface area contributed by atoms with Crippen molar-refractivity contribution in [2.45, 2.75) is 38.2 Å². The zero-order valence-electron chi connectivity index (χ0n) is 20.0. The van der Waals surface area contributed by atoms with E-state index >= 15 is 0 Å². The van der Waals surface area contributed by atoms with Crippen LogP contribution in [0.4, 0.5) is 5.69 Å². The highest BCUT2D eigenvalue weighted by Crippen LogP contribution is 2.31. The Balaban J connectivity index is 1.82. The summed E-state index contributed by atoms with van der Waals surface area (Å²) >= 11 is 12.2. The van der Waals surface area contributed by atoms with Gasteiger partial charge >= 0.3 is 5.97 Å². The van der Waals surface area contributed by atoms with Gasteiger partial charge in [0.25, 0.3) is 10.0 Å². The number of rotatable bonds is 6. The van der Waals surface area contributed by atoms with E-state index in [-0.39, 0.29) is 20.6 Å². The van der Waals surface area contributed by atoms with Crippen LogP contribution in [0.1, 0.15) is 26.7 Å². The summed E-state index contributed by atoms with van der Waals surface area (Å²) in [6.07, 6.45) is 0. The van der Waals surface area contributed by atoms with Gasteiger partial charge in [-0.05, 0) is 67.9 Å². The Labute approximate surface area is 218 Å². The maximum Gasteiger partial charge on any atom is 0.327 e. The maximum absolute atomic E-state index is 13.7. The van der Waals surface area contributed by atoms with Crippen LogP contribution in [0.25, 0.3) is 22.2 Å². The fourth-order valence-corrected chi connectivity index (χ4v) is 5.68. The Morgan fingerprint density at radius 1 is 1.00 bits per heavy atom. The smallest absolute Gasteiger partial charge is 0.327 e. The second-order valence-electron chi connectivity index (χ2n) is 9.09. The van der Waals surface area contributed by atoms with Crippen molar-refractivity contribution in [3.8, 4) is 11.4 Å². The van der Waals surface area contributed by atoms with Gasteiger partial charge in [-0.15, -0.1) is 0 Å². The molecule has 188 valence electrons. The van der Waals surface area contributed by atoms with Crippen molar-refractivity contribution in [1.29, 1.82) is 0 Å². The number of ether oxygens (including phenoxy) is 1. The molecule has 0 aliphatic heterocycles. The third-order valence-electron chi connectivity index (χ3n) is 5.01. The number of carbonyl (C=O) groups excluding carboxylic acids is 1. The van der Waals surface area contributed by atoms with Crippen molar-refractivity contribution < 1.29 is 22.5 Å². The third-order valence-corrected chi connectivity index (χ3v) is 7.20. The lowest BCUT2D eigenvalue weighted by Crippen LogP contribution is -2.39. The lowest BCUT2D eigenvalue weighted by molar-refractivity contribution is -0.152. The predicted octanol–water partition coefficient (Wildman–Crippen LogP) is 6.04. The highest BCUT2D eigenvalue weighted by molar-refractivity contribution is 7.92. The summed E-state index contributed by atoms with van der Waals surface area (Å²) in [4.78, 5) is 16.8. The first-order chi connectivity index (χ1) is 16.8. The van der Waals surface area contributed by atoms with Gasteiger partial charge in [0.15, 0.2) is 0 Å². The largest absolute Gasteiger partial charge is 0.459 e. The van der Waals surface area contributed by atoms with Crippen LogP contribution in [0, 0.1) is 6.92 Å². The van der Waals surface area contributed by atoms with Crippen LogP contribution in [0.15, 0.2) is 64.0 Å². The Morgan fingerprint density at radius 2 is 1.67 bits per heavy atom. The van der Waals surface area contributed by atoms with E-state index in [4.69, 9.17) is 32.5 Å². The summed E-state index contributed by atoms with van der Waals surface area (Å²) in [5.41, 5.74) is 0.151. The number of fused-ring (bicyclic) bond motifs is 1. The second kappa shape index (κ2) is 9.72. The molecule has 0 radical (unpaired) electrons. The number of aromatic nitrogens is 2. The number of sulfonamides is 1. The Bertz CT molecular complexity index is 1540. The highest BCUT2D eigenvalue weighted by Gasteiger charge is 2.30. The van der Waals surface area contributed by atoms with Crippen LogP contribution in [0.2, 0.25) is 10.0 Å². The Hall–Kier alpha value is -3.14. The number of benzene rings is 3. The van der Waals surface area contributed by atoms with Gasteiger partial charge in [-0.1, -0.05) is 46.6 Å². The number of anilines is 1. The van der Waals surface area contributed by atoms with Crippen molar-refractivity contribution in [1.82, 2.24) is 10.1 Å². The molecule has 0 N–H and O–H groups in total. The van der Waals surface area contributed by atoms with Crippen molar-refractivity contribution in [3.05, 3.63) is 70.5 Å². The molecule has 11 heteroatoms. The van der Waals surface area contributed by atoms with Crippen LogP contribution in [-0.2, 0) is 19.6 Å². The summed E-state index contributed by atoms with van der Waals surface area (Å²) in [5.74, 6) is 0.121. The number of aryl methyl sites for hydroxylation is 1. The number of hydrogen-bond donors (Lipinski definition) is 0. The molecule has 1 heterocycles. The Morgan fingerprint density at radius 3 is 2.28 bits per heavy atom. The predicted molar refractivity (Wildman–Crippen MR) is 139 cm³/mol. The summed E-state index contributed by atoms with van der Waals surface area (Å²) in [6.45, 7) is 6.25. The van der Waals surface area contributed by atoms with Crippen molar-refractivity contribution in [2.75, 3.05) is 10.8 Å². The molecule has 0 aliphatic rings. The van der Waals surface area contributed by atoms with Crippen LogP contribution >= 0.6 is 23.2 Å². The molecule has 4 aromatic rings. The first kappa shape index (κ1) is 25.9. The summed E-state index contributed by atoms with van der Waals surface area (Å²) in [7, 11) is -4.25. The minimum absolute atomic E-state index is 0.150. The van der Waals surface area contributed by atoms with Crippen LogP contribution < -0.4 is 4.31 Å². The van der Waals surface area contributed by atoms with Crippen LogP contribution in [0.3, 0.4) is 0 Å². The quantitative estimate of drug-likeness (QED) is 0.271. The van der Waals surface area contributed by atoms with E-state index in [0.717, 1.165) is 9.69 Å². The minimum atomic E-state index is -4.25. The molecular weight excluding hydrogens is 525 g/mol. The molecule has 0 bridgehead atoms. The van der Waals surface area contributed by atoms with E-state index in [1.165, 1.54) is 18.2 Å². The number of carbonyl (C=O) groups is 1. The number of halogens is 2. The summed E-state index contributed by atoms with van der Waals surface area (Å²) in [6, 6.07) is 14.6. The van der Waals surface area contributed by atoms with Crippen LogP contribution in [0.5, 0.6) is 0 Å². The second-order valence-corrected chi connectivity index (χ2v) is 11.8. The molecule has 0 saturated carbocycles. The molecule has 1 aromatic heterocycles. The first-order valence-corrected chi connectivity index (χ1v) is 13.1. The monoisotopic (exact) mass is 547 g/mol. The van der Waals surface area contributed by atoms with E-state index in [2.05, 4.69) is 10.1 Å². The summed E-state index contributed by atoms with van der Waals surface area (Å²) < 4.78 is 38.9. The molecule has 8 nitrogen and oxygen atoms in total. The highest BCUT2D eigenvalue weighted by atomic mass is 35.5. The SMILES string of the molecule is Cc1nc(-c2ccc3ccc(N(CC(=O)OC(C)(C)C)S(=O)(=O)c4cc(Cl)cc(Cl)c4)cc3c2)no1. The van der Waals surface area contributed by atoms with Gasteiger partial charge in [0.2, 0.25) is 11.7 Å². The zero-order valence-corrected chi connectivity index (χ0v) is 22.3. The molecule has 0 amide bonds. The zero-order chi connectivity index (χ0) is 26.3. The standard InChI is InChI=1S/C25H23Cl2N3O5S/c1-15-28-24(29-35-15)17-6-5-16-7-8-21(10-18(16)9-17)30(14-23(31)34-25(2,3)4)36(32,33)22-12-19(26)11-20(27)13-22/h5-13H,14H2,1-4H3. The van der Waals surface area contributed by atoms with Gasteiger partial charge in [-0.3, -0.25) is 9.10 Å². The van der Waals surface area contributed by atoms with E-state index in [1.54, 1.807) is 45.9 Å². The molecule has 0 unspecified atom stereocenters. The summed E-state index contributed by atoms with van der Waals surface area (Å²) in [5, 5.41) is 5.80. The fourth-order valence-electron chi connectivity index (χ4n) is 3.56. The molecule has 0 atom stereocenters. The average molecular weight is 548 g/mol. The van der Waals surface area contributed by atoms with Crippen molar-refractivity contribution in [2.24, 2.45) is 0 Å². The molecule has 3 aromatic carbocycles. The third kappa shape index (κ3) is 5.80. The fraction of sp³-hybridized carbons (Fsp3) is 0.240. The van der Waals surface area contributed by atoms with E-state index in [0.29, 0.717) is 22.7 Å². The van der Waals surface area contributed by atoms with Gasteiger partial charge in [-0.25, -0.2) is 8.42 Å². The lowest BCUT2D eigenvalue weighted by Gasteiger charge is -2.26. The maximum atomic E-state index is 13.7. The van der Waals surface area contributed by atoms with Gasteiger partial charge in [0.1, 0.15) is 12.1 Å². The van der Waals surface area contributed by atoms with Crippen molar-refractivity contribution in [3.63, 3.8) is 0 Å². The lowest BCUT2D eigenvalue weighted by atomic mass is 10.1. The topological polar surface area (TPSA) is 103 Å². The first-order valence-electron chi connectivity index (χ1n) is 10.9. The van der Waals surface area contributed by atoms with E-state index < -0.39 is 28.1 Å². The molecular formula is C25H23Cl2N3O5S. The normalized spacial score (nSPS) is 12.1. The molecule has 36 heavy (non-hydrogen) atoms. The number of esters is 1. The van der Waals surface area contributed by atoms with Gasteiger partial charge in [-0.2, -0.15) is 4.98 Å². The van der Waals surface area contributed by atoms with Crippen LogP contribution in [-0.4, -0.2) is 36.7 Å². The molecule has 0 fully saturated rings. The van der Waals surface area contributed by atoms with Gasteiger partial charge in [0.05, 0.1) is 10.6 Å². The number of hydrogen-bond acceptors (Lipinski definition) is 7. The van der Waals surface area contributed by atoms with E-state index in [9.17, 15) is 13.2 Å².